The van der Waals surface area contributed by atoms with E-state index < -0.39 is 9.84 Å². The Balaban J connectivity index is 2.90. The lowest BCUT2D eigenvalue weighted by Gasteiger charge is -2.21. The SMILES string of the molecule is CC(C)(CN)CC(=O)c1ccc(S(C)(=O)=O)cc1. The van der Waals surface area contributed by atoms with Gasteiger partial charge >= 0.3 is 0 Å². The van der Waals surface area contributed by atoms with Gasteiger partial charge in [0.25, 0.3) is 0 Å². The molecule has 5 heteroatoms. The fraction of sp³-hybridized carbons (Fsp3) is 0.462. The lowest BCUT2D eigenvalue weighted by atomic mass is 9.86. The molecule has 0 bridgehead atoms. The first kappa shape index (κ1) is 14.9. The lowest BCUT2D eigenvalue weighted by molar-refractivity contribution is 0.0934. The summed E-state index contributed by atoms with van der Waals surface area (Å²) in [5.41, 5.74) is 5.86. The summed E-state index contributed by atoms with van der Waals surface area (Å²) < 4.78 is 22.6. The maximum atomic E-state index is 12.0. The van der Waals surface area contributed by atoms with Crippen molar-refractivity contribution in [3.8, 4) is 0 Å². The zero-order chi connectivity index (χ0) is 14.0. The van der Waals surface area contributed by atoms with Crippen LogP contribution in [0.3, 0.4) is 0 Å². The molecule has 0 atom stereocenters. The molecule has 2 N–H and O–H groups in total. The highest BCUT2D eigenvalue weighted by Crippen LogP contribution is 2.21. The van der Waals surface area contributed by atoms with Gasteiger partial charge in [-0.05, 0) is 24.1 Å². The Labute approximate surface area is 108 Å². The van der Waals surface area contributed by atoms with E-state index in [1.807, 2.05) is 13.8 Å². The fourth-order valence-electron chi connectivity index (χ4n) is 1.50. The van der Waals surface area contributed by atoms with Crippen LogP contribution in [0.25, 0.3) is 0 Å². The van der Waals surface area contributed by atoms with Gasteiger partial charge in [0, 0.05) is 18.2 Å². The number of rotatable bonds is 5. The fourth-order valence-corrected chi connectivity index (χ4v) is 2.13. The van der Waals surface area contributed by atoms with E-state index in [1.165, 1.54) is 12.1 Å². The Kier molecular flexibility index (Phi) is 4.29. The summed E-state index contributed by atoms with van der Waals surface area (Å²) in [5.74, 6) is -0.0227. The van der Waals surface area contributed by atoms with Gasteiger partial charge in [0.2, 0.25) is 0 Å². The van der Waals surface area contributed by atoms with Gasteiger partial charge in [0.15, 0.2) is 15.6 Å². The van der Waals surface area contributed by atoms with Crippen molar-refractivity contribution in [2.75, 3.05) is 12.8 Å². The third-order valence-electron chi connectivity index (χ3n) is 2.80. The molecule has 4 nitrogen and oxygen atoms in total. The molecule has 0 amide bonds. The number of Topliss-reactive ketones (excluding diaryl/α,β-unsaturated/α-hetero) is 1. The predicted octanol–water partition coefficient (Wildman–Crippen LogP) is 1.65. The molecule has 1 aromatic carbocycles. The minimum absolute atomic E-state index is 0.0227. The predicted molar refractivity (Wildman–Crippen MR) is 71.3 cm³/mol. The van der Waals surface area contributed by atoms with Crippen molar-refractivity contribution in [2.45, 2.75) is 25.2 Å². The zero-order valence-corrected chi connectivity index (χ0v) is 11.8. The Bertz CT molecular complexity index is 530. The second kappa shape index (κ2) is 5.20. The quantitative estimate of drug-likeness (QED) is 0.824. The third kappa shape index (κ3) is 3.92. The van der Waals surface area contributed by atoms with E-state index in [-0.39, 0.29) is 16.1 Å². The maximum Gasteiger partial charge on any atom is 0.175 e. The molecule has 1 aromatic rings. The Hall–Kier alpha value is -1.20. The molecule has 0 unspecified atom stereocenters. The summed E-state index contributed by atoms with van der Waals surface area (Å²) in [6.07, 6.45) is 1.49. The monoisotopic (exact) mass is 269 g/mol. The van der Waals surface area contributed by atoms with Crippen LogP contribution in [0.2, 0.25) is 0 Å². The van der Waals surface area contributed by atoms with Gasteiger partial charge in [-0.1, -0.05) is 26.0 Å². The number of sulfone groups is 1. The average Bonchev–Trinajstić information content (AvgIpc) is 2.27. The number of hydrogen-bond donors (Lipinski definition) is 1. The summed E-state index contributed by atoms with van der Waals surface area (Å²) in [4.78, 5) is 12.2. The smallest absolute Gasteiger partial charge is 0.175 e. The van der Waals surface area contributed by atoms with Crippen molar-refractivity contribution in [3.05, 3.63) is 29.8 Å². The average molecular weight is 269 g/mol. The number of hydrogen-bond acceptors (Lipinski definition) is 4. The molecule has 0 saturated carbocycles. The Morgan fingerprint density at radius 3 is 2.11 bits per heavy atom. The molecular weight excluding hydrogens is 250 g/mol. The van der Waals surface area contributed by atoms with Gasteiger partial charge in [-0.3, -0.25) is 4.79 Å². The van der Waals surface area contributed by atoms with Gasteiger partial charge < -0.3 is 5.73 Å². The van der Waals surface area contributed by atoms with Crippen LogP contribution in [0.1, 0.15) is 30.6 Å². The highest BCUT2D eigenvalue weighted by atomic mass is 32.2. The van der Waals surface area contributed by atoms with Crippen LogP contribution in [0, 0.1) is 5.41 Å². The maximum absolute atomic E-state index is 12.0. The van der Waals surface area contributed by atoms with E-state index in [2.05, 4.69) is 0 Å². The molecule has 0 spiro atoms. The van der Waals surface area contributed by atoms with E-state index in [1.54, 1.807) is 12.1 Å². The zero-order valence-electron chi connectivity index (χ0n) is 10.9. The standard InChI is InChI=1S/C13H19NO3S/c1-13(2,9-14)8-12(15)10-4-6-11(7-5-10)18(3,16)17/h4-7H,8-9,14H2,1-3H3. The van der Waals surface area contributed by atoms with E-state index in [0.717, 1.165) is 6.26 Å². The van der Waals surface area contributed by atoms with Crippen LogP contribution in [-0.4, -0.2) is 27.0 Å². The summed E-state index contributed by atoms with van der Waals surface area (Å²) >= 11 is 0. The summed E-state index contributed by atoms with van der Waals surface area (Å²) in [6, 6.07) is 6.01. The number of carbonyl (C=O) groups excluding carboxylic acids is 1. The first-order valence-corrected chi connectivity index (χ1v) is 7.58. The van der Waals surface area contributed by atoms with Crippen molar-refractivity contribution >= 4 is 15.6 Å². The van der Waals surface area contributed by atoms with E-state index >= 15 is 0 Å². The molecule has 0 saturated heterocycles. The largest absolute Gasteiger partial charge is 0.330 e. The number of carbonyl (C=O) groups is 1. The van der Waals surface area contributed by atoms with Crippen molar-refractivity contribution in [1.29, 1.82) is 0 Å². The number of ketones is 1. The molecule has 0 aliphatic rings. The highest BCUT2D eigenvalue weighted by Gasteiger charge is 2.21. The van der Waals surface area contributed by atoms with Gasteiger partial charge in [-0.25, -0.2) is 8.42 Å². The minimum Gasteiger partial charge on any atom is -0.330 e. The van der Waals surface area contributed by atoms with Crippen molar-refractivity contribution in [2.24, 2.45) is 11.1 Å². The van der Waals surface area contributed by atoms with Crippen LogP contribution >= 0.6 is 0 Å². The van der Waals surface area contributed by atoms with Crippen molar-refractivity contribution < 1.29 is 13.2 Å². The molecular formula is C13H19NO3S. The van der Waals surface area contributed by atoms with Gasteiger partial charge in [-0.15, -0.1) is 0 Å². The molecule has 1 rings (SSSR count). The molecule has 0 heterocycles. The molecule has 0 fully saturated rings. The molecule has 0 aromatic heterocycles. The number of benzene rings is 1. The van der Waals surface area contributed by atoms with E-state index in [4.69, 9.17) is 5.73 Å². The van der Waals surface area contributed by atoms with Gasteiger partial charge in [-0.2, -0.15) is 0 Å². The number of nitrogens with two attached hydrogens (primary N) is 1. The molecule has 0 aliphatic heterocycles. The minimum atomic E-state index is -3.22. The van der Waals surface area contributed by atoms with Crippen LogP contribution in [-0.2, 0) is 9.84 Å². The lowest BCUT2D eigenvalue weighted by Crippen LogP contribution is -2.26. The topological polar surface area (TPSA) is 77.2 Å². The summed E-state index contributed by atoms with van der Waals surface area (Å²) in [6.45, 7) is 4.28. The van der Waals surface area contributed by atoms with E-state index in [0.29, 0.717) is 18.5 Å². The van der Waals surface area contributed by atoms with Crippen LogP contribution in [0.5, 0.6) is 0 Å². The normalized spacial score (nSPS) is 12.4. The highest BCUT2D eigenvalue weighted by molar-refractivity contribution is 7.90. The van der Waals surface area contributed by atoms with Crippen LogP contribution in [0.15, 0.2) is 29.2 Å². The van der Waals surface area contributed by atoms with Crippen LogP contribution < -0.4 is 5.73 Å². The molecule has 0 aliphatic carbocycles. The van der Waals surface area contributed by atoms with Crippen molar-refractivity contribution in [3.63, 3.8) is 0 Å². The van der Waals surface area contributed by atoms with Crippen LogP contribution in [0.4, 0.5) is 0 Å². The van der Waals surface area contributed by atoms with Gasteiger partial charge in [0.1, 0.15) is 0 Å². The summed E-state index contributed by atoms with van der Waals surface area (Å²) in [5, 5.41) is 0. The second-order valence-corrected chi connectivity index (χ2v) is 7.28. The van der Waals surface area contributed by atoms with Gasteiger partial charge in [0.05, 0.1) is 4.90 Å². The second-order valence-electron chi connectivity index (χ2n) is 5.26. The molecule has 100 valence electrons. The third-order valence-corrected chi connectivity index (χ3v) is 3.92. The molecule has 0 radical (unpaired) electrons. The van der Waals surface area contributed by atoms with Crippen molar-refractivity contribution in [1.82, 2.24) is 0 Å². The first-order chi connectivity index (χ1) is 8.15. The summed E-state index contributed by atoms with van der Waals surface area (Å²) in [7, 11) is -3.22. The molecule has 18 heavy (non-hydrogen) atoms. The Morgan fingerprint density at radius 2 is 1.72 bits per heavy atom. The van der Waals surface area contributed by atoms with E-state index in [9.17, 15) is 13.2 Å². The Morgan fingerprint density at radius 1 is 1.22 bits per heavy atom. The first-order valence-electron chi connectivity index (χ1n) is 5.69.